The number of carbonyl (C=O) groups excluding carboxylic acids is 2. The number of nitrogens with one attached hydrogen (secondary N) is 2. The maximum Gasteiger partial charge on any atom is 0.257 e. The summed E-state index contributed by atoms with van der Waals surface area (Å²) in [7, 11) is 0. The van der Waals surface area contributed by atoms with Gasteiger partial charge in [0.2, 0.25) is 0 Å². The molecule has 4 N–H and O–H groups in total. The lowest BCUT2D eigenvalue weighted by atomic mass is 9.97. The van der Waals surface area contributed by atoms with E-state index in [4.69, 9.17) is 22.7 Å². The van der Waals surface area contributed by atoms with Crippen LogP contribution in [0.5, 0.6) is 0 Å². The van der Waals surface area contributed by atoms with E-state index in [-0.39, 0.29) is 34.8 Å². The number of carbonyl (C=O) groups is 2. The van der Waals surface area contributed by atoms with E-state index in [9.17, 15) is 18.4 Å². The monoisotopic (exact) mass is 428 g/mol. The van der Waals surface area contributed by atoms with Gasteiger partial charge in [-0.05, 0) is 29.8 Å². The topological polar surface area (TPSA) is 109 Å². The number of halogens is 3. The second-order valence-electron chi connectivity index (χ2n) is 6.33. The van der Waals surface area contributed by atoms with Gasteiger partial charge in [0, 0.05) is 29.3 Å². The van der Waals surface area contributed by atoms with Crippen LogP contribution in [-0.4, -0.2) is 22.5 Å². The van der Waals surface area contributed by atoms with Crippen molar-refractivity contribution in [3.63, 3.8) is 0 Å². The summed E-state index contributed by atoms with van der Waals surface area (Å²) in [5.74, 6) is -3.55. The summed E-state index contributed by atoms with van der Waals surface area (Å²) in [6.07, 6.45) is 0.977. The Morgan fingerprint density at radius 2 is 1.67 bits per heavy atom. The largest absolute Gasteiger partial charge is 0.384 e. The first-order valence-electron chi connectivity index (χ1n) is 8.63. The molecule has 0 aliphatic rings. The fraction of sp³-hybridized carbons (Fsp3) is 0.0476. The average molecular weight is 429 g/mol. The Morgan fingerprint density at radius 3 is 2.27 bits per heavy atom. The van der Waals surface area contributed by atoms with Crippen molar-refractivity contribution in [3.05, 3.63) is 93.6 Å². The van der Waals surface area contributed by atoms with E-state index >= 15 is 0 Å². The van der Waals surface area contributed by atoms with Crippen LogP contribution in [0.4, 0.5) is 14.6 Å². The van der Waals surface area contributed by atoms with Gasteiger partial charge < -0.3 is 11.1 Å². The molecule has 2 aromatic carbocycles. The SMILES string of the molecule is N=C(N)c1ccc(C(=O)Cc2cc(F)c(F)cc2C(=O)Nc2ccc(Cl)cn2)cc1. The van der Waals surface area contributed by atoms with Crippen LogP contribution in [0.3, 0.4) is 0 Å². The molecule has 0 saturated heterocycles. The molecule has 6 nitrogen and oxygen atoms in total. The highest BCUT2D eigenvalue weighted by atomic mass is 35.5. The fourth-order valence-electron chi connectivity index (χ4n) is 2.69. The van der Waals surface area contributed by atoms with Gasteiger partial charge in [-0.25, -0.2) is 13.8 Å². The molecule has 0 atom stereocenters. The molecule has 30 heavy (non-hydrogen) atoms. The van der Waals surface area contributed by atoms with Crippen molar-refractivity contribution in [2.45, 2.75) is 6.42 Å². The van der Waals surface area contributed by atoms with Gasteiger partial charge >= 0.3 is 0 Å². The number of ketones is 1. The molecule has 0 saturated carbocycles. The number of nitrogens with two attached hydrogens (primary N) is 1. The second-order valence-corrected chi connectivity index (χ2v) is 6.77. The average Bonchev–Trinajstić information content (AvgIpc) is 2.72. The third-order valence-corrected chi connectivity index (χ3v) is 4.45. The smallest absolute Gasteiger partial charge is 0.257 e. The number of rotatable bonds is 6. The number of anilines is 1. The molecule has 1 heterocycles. The first kappa shape index (κ1) is 21.1. The molecule has 0 bridgehead atoms. The van der Waals surface area contributed by atoms with Gasteiger partial charge in [-0.3, -0.25) is 15.0 Å². The minimum Gasteiger partial charge on any atom is -0.384 e. The normalized spacial score (nSPS) is 10.5. The molecule has 0 unspecified atom stereocenters. The predicted molar refractivity (Wildman–Crippen MR) is 109 cm³/mol. The van der Waals surface area contributed by atoms with Gasteiger partial charge in [0.15, 0.2) is 17.4 Å². The molecule has 3 aromatic rings. The zero-order chi connectivity index (χ0) is 21.8. The Kier molecular flexibility index (Phi) is 6.17. The highest BCUT2D eigenvalue weighted by molar-refractivity contribution is 6.30. The van der Waals surface area contributed by atoms with E-state index < -0.39 is 23.3 Å². The van der Waals surface area contributed by atoms with E-state index in [0.29, 0.717) is 10.6 Å². The molecule has 3 rings (SSSR count). The third-order valence-electron chi connectivity index (χ3n) is 4.23. The number of hydrogen-bond donors (Lipinski definition) is 3. The van der Waals surface area contributed by atoms with Gasteiger partial charge in [-0.1, -0.05) is 35.9 Å². The van der Waals surface area contributed by atoms with Crippen LogP contribution in [0.25, 0.3) is 0 Å². The summed E-state index contributed by atoms with van der Waals surface area (Å²) < 4.78 is 27.6. The molecule has 0 spiro atoms. The van der Waals surface area contributed by atoms with Crippen molar-refractivity contribution < 1.29 is 18.4 Å². The van der Waals surface area contributed by atoms with Crippen LogP contribution >= 0.6 is 11.6 Å². The Bertz CT molecular complexity index is 1130. The predicted octanol–water partition coefficient (Wildman–Crippen LogP) is 3.97. The van der Waals surface area contributed by atoms with Crippen LogP contribution < -0.4 is 11.1 Å². The lowest BCUT2D eigenvalue weighted by Gasteiger charge is -2.11. The van der Waals surface area contributed by atoms with Gasteiger partial charge in [0.1, 0.15) is 11.7 Å². The van der Waals surface area contributed by atoms with E-state index in [1.54, 1.807) is 0 Å². The number of aromatic nitrogens is 1. The summed E-state index contributed by atoms with van der Waals surface area (Å²) in [4.78, 5) is 29.1. The van der Waals surface area contributed by atoms with Crippen molar-refractivity contribution >= 4 is 34.9 Å². The number of nitrogens with zero attached hydrogens (tertiary/aromatic N) is 1. The number of hydrogen-bond acceptors (Lipinski definition) is 4. The first-order valence-corrected chi connectivity index (χ1v) is 9.01. The minimum absolute atomic E-state index is 0.0148. The Balaban J connectivity index is 1.87. The molecular weight excluding hydrogens is 414 g/mol. The molecule has 152 valence electrons. The van der Waals surface area contributed by atoms with Crippen molar-refractivity contribution in [2.24, 2.45) is 5.73 Å². The standard InChI is InChI=1S/C21H15ClF2N4O2/c22-14-5-6-19(27-10-14)28-21(30)15-9-17(24)16(23)7-13(15)8-18(29)11-1-3-12(4-2-11)20(25)26/h1-7,9-10H,8H2,(H3,25,26)(H,27,28,30). The molecule has 9 heteroatoms. The number of pyridine rings is 1. The van der Waals surface area contributed by atoms with Crippen molar-refractivity contribution in [2.75, 3.05) is 5.32 Å². The zero-order valence-electron chi connectivity index (χ0n) is 15.4. The molecule has 0 aliphatic heterocycles. The number of benzene rings is 2. The fourth-order valence-corrected chi connectivity index (χ4v) is 2.80. The van der Waals surface area contributed by atoms with E-state index in [2.05, 4.69) is 10.3 Å². The molecular formula is C21H15ClF2N4O2. The summed E-state index contributed by atoms with van der Waals surface area (Å²) in [5.41, 5.74) is 5.92. The lowest BCUT2D eigenvalue weighted by Crippen LogP contribution is -2.18. The van der Waals surface area contributed by atoms with Gasteiger partial charge in [0.25, 0.3) is 5.91 Å². The maximum atomic E-state index is 13.8. The van der Waals surface area contributed by atoms with E-state index in [1.807, 2.05) is 0 Å². The molecule has 0 radical (unpaired) electrons. The number of amidine groups is 1. The van der Waals surface area contributed by atoms with Crippen LogP contribution in [0.1, 0.15) is 31.8 Å². The van der Waals surface area contributed by atoms with Crippen molar-refractivity contribution in [1.82, 2.24) is 4.98 Å². The number of amides is 1. The Labute approximate surface area is 175 Å². The van der Waals surface area contributed by atoms with E-state index in [0.717, 1.165) is 12.1 Å². The lowest BCUT2D eigenvalue weighted by molar-refractivity contribution is 0.0992. The van der Waals surface area contributed by atoms with E-state index in [1.165, 1.54) is 42.6 Å². The number of nitrogen functional groups attached to an aromatic ring is 1. The first-order chi connectivity index (χ1) is 14.2. The zero-order valence-corrected chi connectivity index (χ0v) is 16.1. The van der Waals surface area contributed by atoms with Crippen LogP contribution in [-0.2, 0) is 6.42 Å². The van der Waals surface area contributed by atoms with Crippen LogP contribution in [0, 0.1) is 17.0 Å². The van der Waals surface area contributed by atoms with Crippen LogP contribution in [0.15, 0.2) is 54.7 Å². The molecule has 1 aromatic heterocycles. The summed E-state index contributed by atoms with van der Waals surface area (Å²) in [5, 5.41) is 10.2. The Hall–Kier alpha value is -3.65. The van der Waals surface area contributed by atoms with Gasteiger partial charge in [0.05, 0.1) is 5.02 Å². The summed E-state index contributed by atoms with van der Waals surface area (Å²) >= 11 is 5.75. The summed E-state index contributed by atoms with van der Waals surface area (Å²) in [6, 6.07) is 10.4. The summed E-state index contributed by atoms with van der Waals surface area (Å²) in [6.45, 7) is 0. The highest BCUT2D eigenvalue weighted by Gasteiger charge is 2.19. The minimum atomic E-state index is -1.22. The number of Topliss-reactive ketones (excluding diaryl/α,β-unsaturated/α-hetero) is 1. The highest BCUT2D eigenvalue weighted by Crippen LogP contribution is 2.20. The maximum absolute atomic E-state index is 13.8. The van der Waals surface area contributed by atoms with Crippen molar-refractivity contribution in [3.8, 4) is 0 Å². The molecule has 0 aliphatic carbocycles. The van der Waals surface area contributed by atoms with Gasteiger partial charge in [-0.2, -0.15) is 0 Å². The third kappa shape index (κ3) is 4.84. The molecule has 0 fully saturated rings. The molecule has 1 amide bonds. The van der Waals surface area contributed by atoms with Crippen molar-refractivity contribution in [1.29, 1.82) is 5.41 Å². The van der Waals surface area contributed by atoms with Crippen LogP contribution in [0.2, 0.25) is 5.02 Å². The quantitative estimate of drug-likeness (QED) is 0.313. The van der Waals surface area contributed by atoms with Gasteiger partial charge in [-0.15, -0.1) is 0 Å². The Morgan fingerprint density at radius 1 is 1.03 bits per heavy atom. The second kappa shape index (κ2) is 8.79.